The Bertz CT molecular complexity index is 872. The van der Waals surface area contributed by atoms with Crippen molar-refractivity contribution in [2.75, 3.05) is 23.7 Å². The van der Waals surface area contributed by atoms with Crippen molar-refractivity contribution in [2.45, 2.75) is 30.8 Å². The van der Waals surface area contributed by atoms with Gasteiger partial charge in [-0.05, 0) is 31.0 Å². The molecule has 1 aliphatic heterocycles. The first-order valence-electron chi connectivity index (χ1n) is 9.58. The molecule has 29 heavy (non-hydrogen) atoms. The number of nitrogens with zero attached hydrogens (tertiary/aromatic N) is 1. The molecule has 3 rings (SSSR count). The van der Waals surface area contributed by atoms with Gasteiger partial charge in [-0.25, -0.2) is 0 Å². The van der Waals surface area contributed by atoms with Gasteiger partial charge in [-0.1, -0.05) is 42.5 Å². The zero-order valence-corrected chi connectivity index (χ0v) is 17.1. The lowest BCUT2D eigenvalue weighted by molar-refractivity contribution is -0.154. The number of esters is 1. The number of fused-ring (bicyclic) bond motifs is 1. The van der Waals surface area contributed by atoms with Crippen LogP contribution in [0.4, 0.5) is 5.69 Å². The van der Waals surface area contributed by atoms with E-state index in [-0.39, 0.29) is 24.8 Å². The molecular weight excluding hydrogens is 388 g/mol. The minimum Gasteiger partial charge on any atom is -0.452 e. The van der Waals surface area contributed by atoms with Gasteiger partial charge in [0.05, 0.1) is 17.9 Å². The van der Waals surface area contributed by atoms with Crippen LogP contribution in [-0.2, 0) is 25.5 Å². The zero-order valence-electron chi connectivity index (χ0n) is 16.3. The number of ether oxygens (including phenoxy) is 1. The SMILES string of the molecule is C[C@@H](OC(=O)CCN1C(=O)CSc2ccccc21)C(=O)NCCc1ccccc1. The summed E-state index contributed by atoms with van der Waals surface area (Å²) in [6.45, 7) is 2.26. The smallest absolute Gasteiger partial charge is 0.308 e. The summed E-state index contributed by atoms with van der Waals surface area (Å²) in [7, 11) is 0. The molecule has 0 spiro atoms. The monoisotopic (exact) mass is 412 g/mol. The molecule has 1 aliphatic rings. The second-order valence-electron chi connectivity index (χ2n) is 6.71. The topological polar surface area (TPSA) is 75.7 Å². The van der Waals surface area contributed by atoms with Crippen molar-refractivity contribution in [3.8, 4) is 0 Å². The van der Waals surface area contributed by atoms with Gasteiger partial charge in [-0.2, -0.15) is 0 Å². The lowest BCUT2D eigenvalue weighted by Gasteiger charge is -2.28. The van der Waals surface area contributed by atoms with Gasteiger partial charge in [0, 0.05) is 18.0 Å². The van der Waals surface area contributed by atoms with Crippen molar-refractivity contribution in [1.82, 2.24) is 5.32 Å². The molecule has 7 heteroatoms. The van der Waals surface area contributed by atoms with Crippen molar-refractivity contribution >= 4 is 35.2 Å². The second kappa shape index (κ2) is 10.1. The van der Waals surface area contributed by atoms with Crippen LogP contribution in [0.1, 0.15) is 18.9 Å². The van der Waals surface area contributed by atoms with Crippen molar-refractivity contribution in [3.05, 3.63) is 60.2 Å². The van der Waals surface area contributed by atoms with Gasteiger partial charge in [0.25, 0.3) is 5.91 Å². The molecule has 0 aromatic heterocycles. The normalized spacial score (nSPS) is 14.1. The highest BCUT2D eigenvalue weighted by molar-refractivity contribution is 8.00. The maximum Gasteiger partial charge on any atom is 0.308 e. The highest BCUT2D eigenvalue weighted by Crippen LogP contribution is 2.34. The third-order valence-corrected chi connectivity index (χ3v) is 5.63. The van der Waals surface area contributed by atoms with Gasteiger partial charge in [0.2, 0.25) is 5.91 Å². The average Bonchev–Trinajstić information content (AvgIpc) is 2.73. The third kappa shape index (κ3) is 5.84. The fourth-order valence-electron chi connectivity index (χ4n) is 3.03. The first kappa shape index (κ1) is 20.9. The largest absolute Gasteiger partial charge is 0.452 e. The van der Waals surface area contributed by atoms with E-state index >= 15 is 0 Å². The fraction of sp³-hybridized carbons (Fsp3) is 0.318. The van der Waals surface area contributed by atoms with Gasteiger partial charge in [0.15, 0.2) is 6.10 Å². The van der Waals surface area contributed by atoms with Crippen LogP contribution in [0.15, 0.2) is 59.5 Å². The fourth-order valence-corrected chi connectivity index (χ4v) is 3.97. The van der Waals surface area contributed by atoms with Crippen LogP contribution < -0.4 is 10.2 Å². The van der Waals surface area contributed by atoms with E-state index in [0.717, 1.165) is 16.1 Å². The molecule has 1 N–H and O–H groups in total. The van der Waals surface area contributed by atoms with E-state index in [2.05, 4.69) is 5.32 Å². The Kier molecular flexibility index (Phi) is 7.30. The van der Waals surface area contributed by atoms with Crippen LogP contribution in [0.2, 0.25) is 0 Å². The number of amides is 2. The Hall–Kier alpha value is -2.80. The van der Waals surface area contributed by atoms with E-state index in [0.29, 0.717) is 18.7 Å². The van der Waals surface area contributed by atoms with Crippen LogP contribution in [0.3, 0.4) is 0 Å². The van der Waals surface area contributed by atoms with Crippen molar-refractivity contribution < 1.29 is 19.1 Å². The summed E-state index contributed by atoms with van der Waals surface area (Å²) < 4.78 is 5.24. The molecule has 152 valence electrons. The molecule has 2 aromatic rings. The average molecular weight is 413 g/mol. The molecule has 6 nitrogen and oxygen atoms in total. The number of para-hydroxylation sites is 1. The van der Waals surface area contributed by atoms with E-state index in [1.807, 2.05) is 54.6 Å². The first-order chi connectivity index (χ1) is 14.0. The number of benzene rings is 2. The Morgan fingerprint density at radius 1 is 1.14 bits per heavy atom. The van der Waals surface area contributed by atoms with Crippen LogP contribution in [0.5, 0.6) is 0 Å². The van der Waals surface area contributed by atoms with Gasteiger partial charge in [0.1, 0.15) is 0 Å². The molecule has 2 aromatic carbocycles. The minimum atomic E-state index is -0.877. The van der Waals surface area contributed by atoms with Crippen molar-refractivity contribution in [3.63, 3.8) is 0 Å². The van der Waals surface area contributed by atoms with Crippen molar-refractivity contribution in [1.29, 1.82) is 0 Å². The maximum atomic E-state index is 12.2. The minimum absolute atomic E-state index is 0.0341. The van der Waals surface area contributed by atoms with E-state index in [1.54, 1.807) is 11.8 Å². The van der Waals surface area contributed by atoms with E-state index < -0.39 is 12.1 Å². The number of carbonyl (C=O) groups is 3. The number of carbonyl (C=O) groups excluding carboxylic acids is 3. The summed E-state index contributed by atoms with van der Waals surface area (Å²) in [4.78, 5) is 39.2. The van der Waals surface area contributed by atoms with Gasteiger partial charge in [-0.3, -0.25) is 14.4 Å². The predicted molar refractivity (Wildman–Crippen MR) is 113 cm³/mol. The maximum absolute atomic E-state index is 12.2. The highest BCUT2D eigenvalue weighted by atomic mass is 32.2. The molecule has 0 saturated heterocycles. The Balaban J connectivity index is 1.43. The summed E-state index contributed by atoms with van der Waals surface area (Å²) in [5, 5.41) is 2.78. The van der Waals surface area contributed by atoms with E-state index in [1.165, 1.54) is 11.8 Å². The second-order valence-corrected chi connectivity index (χ2v) is 7.73. The molecule has 0 saturated carbocycles. The molecule has 1 heterocycles. The lowest BCUT2D eigenvalue weighted by atomic mass is 10.1. The zero-order chi connectivity index (χ0) is 20.6. The molecule has 0 aliphatic carbocycles. The summed E-state index contributed by atoms with van der Waals surface area (Å²) in [6, 6.07) is 17.4. The predicted octanol–water partition coefficient (Wildman–Crippen LogP) is 2.81. The number of hydrogen-bond acceptors (Lipinski definition) is 5. The number of nitrogens with one attached hydrogen (secondary N) is 1. The molecule has 1 atom stereocenters. The molecular formula is C22H24N2O4S. The molecule has 0 unspecified atom stereocenters. The Labute approximate surface area is 174 Å². The summed E-state index contributed by atoms with van der Waals surface area (Å²) in [5.41, 5.74) is 1.94. The molecule has 0 fully saturated rings. The van der Waals surface area contributed by atoms with Crippen LogP contribution in [0.25, 0.3) is 0 Å². The molecule has 0 radical (unpaired) electrons. The van der Waals surface area contributed by atoms with Crippen molar-refractivity contribution in [2.24, 2.45) is 0 Å². The van der Waals surface area contributed by atoms with Gasteiger partial charge < -0.3 is 15.0 Å². The summed E-state index contributed by atoms with van der Waals surface area (Å²) in [6.07, 6.45) is -0.133. The van der Waals surface area contributed by atoms with Crippen LogP contribution in [0, 0.1) is 0 Å². The van der Waals surface area contributed by atoms with Gasteiger partial charge in [-0.15, -0.1) is 11.8 Å². The van der Waals surface area contributed by atoms with Crippen LogP contribution >= 0.6 is 11.8 Å². The number of anilines is 1. The quantitative estimate of drug-likeness (QED) is 0.675. The summed E-state index contributed by atoms with van der Waals surface area (Å²) >= 11 is 1.49. The van der Waals surface area contributed by atoms with Crippen LogP contribution in [-0.4, -0.2) is 42.7 Å². The highest BCUT2D eigenvalue weighted by Gasteiger charge is 2.25. The van der Waals surface area contributed by atoms with E-state index in [4.69, 9.17) is 4.74 Å². The van der Waals surface area contributed by atoms with Gasteiger partial charge >= 0.3 is 5.97 Å². The Morgan fingerprint density at radius 2 is 1.86 bits per heavy atom. The number of thioether (sulfide) groups is 1. The number of hydrogen-bond donors (Lipinski definition) is 1. The lowest BCUT2D eigenvalue weighted by Crippen LogP contribution is -2.39. The standard InChI is InChI=1S/C22H24N2O4S/c1-16(22(27)23-13-11-17-7-3-2-4-8-17)28-21(26)12-14-24-18-9-5-6-10-19(18)29-15-20(24)25/h2-10,16H,11-15H2,1H3,(H,23,27)/t16-/m1/s1. The Morgan fingerprint density at radius 3 is 2.66 bits per heavy atom. The third-order valence-electron chi connectivity index (χ3n) is 4.58. The molecule has 2 amide bonds. The first-order valence-corrected chi connectivity index (χ1v) is 10.6. The summed E-state index contributed by atoms with van der Waals surface area (Å²) in [5.74, 6) is -0.510. The van der Waals surface area contributed by atoms with E-state index in [9.17, 15) is 14.4 Å². The number of rotatable bonds is 8. The molecule has 0 bridgehead atoms.